The van der Waals surface area contributed by atoms with Crippen molar-refractivity contribution in [3.8, 4) is 11.3 Å². The maximum atomic E-state index is 14.0. The summed E-state index contributed by atoms with van der Waals surface area (Å²) in [5.74, 6) is -0.322. The van der Waals surface area contributed by atoms with Gasteiger partial charge in [0.15, 0.2) is 0 Å². The van der Waals surface area contributed by atoms with Crippen molar-refractivity contribution in [1.82, 2.24) is 30.2 Å². The number of anilines is 3. The molecular formula is C29H29F3N8O. The predicted octanol–water partition coefficient (Wildman–Crippen LogP) is 5.05. The third-order valence-corrected chi connectivity index (χ3v) is 6.78. The first-order valence-corrected chi connectivity index (χ1v) is 13.1. The molecule has 3 heterocycles. The van der Waals surface area contributed by atoms with Gasteiger partial charge in [-0.05, 0) is 55.3 Å². The van der Waals surface area contributed by atoms with E-state index in [9.17, 15) is 18.0 Å². The standard InChI is InChI=1S/C29H29F3N8O/c1-18-3-6-23(12-26(18)39-28-36-8-7-25(38-28)22-13-33-17-34-14-22)37-27(41)20-4-5-21(24(11-20)29(30,31)32)16-40-10-9-35-19(2)15-40/h3-8,11-14,17,19,35H,9-10,15-16H2,1-2H3,(H,37,41)(H,36,38,39). The van der Waals surface area contributed by atoms with E-state index in [0.29, 0.717) is 36.1 Å². The van der Waals surface area contributed by atoms with Crippen LogP contribution in [0, 0.1) is 6.92 Å². The maximum Gasteiger partial charge on any atom is 0.416 e. The van der Waals surface area contributed by atoms with Gasteiger partial charge in [0.25, 0.3) is 5.91 Å². The Morgan fingerprint density at radius 2 is 1.93 bits per heavy atom. The van der Waals surface area contributed by atoms with Gasteiger partial charge in [0.05, 0.1) is 11.3 Å². The lowest BCUT2D eigenvalue weighted by molar-refractivity contribution is -0.138. The number of amides is 1. The number of hydrogen-bond donors (Lipinski definition) is 3. The number of halogens is 3. The Kier molecular flexibility index (Phi) is 8.22. The number of hydrogen-bond acceptors (Lipinski definition) is 8. The van der Waals surface area contributed by atoms with Gasteiger partial charge < -0.3 is 16.0 Å². The first kappa shape index (κ1) is 28.1. The predicted molar refractivity (Wildman–Crippen MR) is 150 cm³/mol. The molecule has 0 saturated carbocycles. The second kappa shape index (κ2) is 12.0. The van der Waals surface area contributed by atoms with Crippen LogP contribution in [0.4, 0.5) is 30.5 Å². The monoisotopic (exact) mass is 562 g/mol. The molecule has 9 nitrogen and oxygen atoms in total. The van der Waals surface area contributed by atoms with Crippen molar-refractivity contribution in [2.24, 2.45) is 0 Å². The number of carbonyl (C=O) groups excluding carboxylic acids is 1. The summed E-state index contributed by atoms with van der Waals surface area (Å²) in [7, 11) is 0. The van der Waals surface area contributed by atoms with Crippen molar-refractivity contribution in [3.63, 3.8) is 0 Å². The summed E-state index contributed by atoms with van der Waals surface area (Å²) in [4.78, 5) is 31.8. The molecule has 41 heavy (non-hydrogen) atoms. The summed E-state index contributed by atoms with van der Waals surface area (Å²) in [5, 5.41) is 9.14. The number of nitrogens with zero attached hydrogens (tertiary/aromatic N) is 5. The molecule has 1 aliphatic rings. The van der Waals surface area contributed by atoms with Gasteiger partial charge in [0.2, 0.25) is 5.95 Å². The molecule has 0 radical (unpaired) electrons. The van der Waals surface area contributed by atoms with E-state index in [1.165, 1.54) is 18.5 Å². The highest BCUT2D eigenvalue weighted by Crippen LogP contribution is 2.34. The highest BCUT2D eigenvalue weighted by molar-refractivity contribution is 6.04. The fourth-order valence-corrected chi connectivity index (χ4v) is 4.69. The number of aryl methyl sites for hydroxylation is 1. The largest absolute Gasteiger partial charge is 0.416 e. The average Bonchev–Trinajstić information content (AvgIpc) is 2.95. The molecule has 0 aliphatic carbocycles. The Morgan fingerprint density at radius 3 is 2.68 bits per heavy atom. The summed E-state index contributed by atoms with van der Waals surface area (Å²) >= 11 is 0. The van der Waals surface area contributed by atoms with Gasteiger partial charge in [-0.15, -0.1) is 0 Å². The molecule has 5 rings (SSSR count). The average molecular weight is 563 g/mol. The summed E-state index contributed by atoms with van der Waals surface area (Å²) in [5.41, 5.74) is 2.50. The molecule has 12 heteroatoms. The van der Waals surface area contributed by atoms with Gasteiger partial charge in [-0.3, -0.25) is 9.69 Å². The highest BCUT2D eigenvalue weighted by atomic mass is 19.4. The minimum Gasteiger partial charge on any atom is -0.324 e. The zero-order chi connectivity index (χ0) is 29.0. The molecule has 1 unspecified atom stereocenters. The van der Waals surface area contributed by atoms with E-state index >= 15 is 0 Å². The molecule has 1 fully saturated rings. The minimum absolute atomic E-state index is 0.0778. The van der Waals surface area contributed by atoms with Crippen molar-refractivity contribution in [2.45, 2.75) is 32.6 Å². The van der Waals surface area contributed by atoms with Crippen molar-refractivity contribution >= 4 is 23.2 Å². The van der Waals surface area contributed by atoms with Gasteiger partial charge in [-0.1, -0.05) is 12.1 Å². The normalized spacial score (nSPS) is 15.9. The van der Waals surface area contributed by atoms with Crippen molar-refractivity contribution in [2.75, 3.05) is 30.3 Å². The maximum absolute atomic E-state index is 14.0. The van der Waals surface area contributed by atoms with Crippen LogP contribution in [0.2, 0.25) is 0 Å². The van der Waals surface area contributed by atoms with Crippen LogP contribution in [0.5, 0.6) is 0 Å². The van der Waals surface area contributed by atoms with Crippen LogP contribution in [-0.2, 0) is 12.7 Å². The van der Waals surface area contributed by atoms with Gasteiger partial charge >= 0.3 is 6.18 Å². The fraction of sp³-hybridized carbons (Fsp3) is 0.276. The van der Waals surface area contributed by atoms with Crippen LogP contribution in [0.3, 0.4) is 0 Å². The lowest BCUT2D eigenvalue weighted by Gasteiger charge is -2.32. The summed E-state index contributed by atoms with van der Waals surface area (Å²) < 4.78 is 42.0. The molecule has 1 saturated heterocycles. The second-order valence-corrected chi connectivity index (χ2v) is 9.96. The van der Waals surface area contributed by atoms with E-state index in [4.69, 9.17) is 0 Å². The summed E-state index contributed by atoms with van der Waals surface area (Å²) in [6.07, 6.45) is 1.72. The van der Waals surface area contributed by atoms with E-state index in [1.54, 1.807) is 42.9 Å². The summed E-state index contributed by atoms with van der Waals surface area (Å²) in [6, 6.07) is 10.8. The number of carbonyl (C=O) groups is 1. The first-order valence-electron chi connectivity index (χ1n) is 13.1. The van der Waals surface area contributed by atoms with Gasteiger partial charge in [-0.2, -0.15) is 13.2 Å². The molecule has 2 aromatic heterocycles. The van der Waals surface area contributed by atoms with E-state index in [2.05, 4.69) is 35.9 Å². The van der Waals surface area contributed by atoms with Crippen LogP contribution in [0.25, 0.3) is 11.3 Å². The fourth-order valence-electron chi connectivity index (χ4n) is 4.69. The lowest BCUT2D eigenvalue weighted by Crippen LogP contribution is -2.48. The molecule has 4 aromatic rings. The Hall–Kier alpha value is -4.42. The third kappa shape index (κ3) is 7.02. The number of nitrogens with one attached hydrogen (secondary N) is 3. The van der Waals surface area contributed by atoms with E-state index in [0.717, 1.165) is 23.7 Å². The molecular weight excluding hydrogens is 533 g/mol. The van der Waals surface area contributed by atoms with Crippen LogP contribution < -0.4 is 16.0 Å². The smallest absolute Gasteiger partial charge is 0.324 e. The number of rotatable bonds is 7. The van der Waals surface area contributed by atoms with Crippen LogP contribution in [0.15, 0.2) is 67.4 Å². The number of benzene rings is 2. The number of aromatic nitrogens is 4. The Labute approximate surface area is 235 Å². The van der Waals surface area contributed by atoms with Crippen molar-refractivity contribution in [3.05, 3.63) is 89.6 Å². The zero-order valence-corrected chi connectivity index (χ0v) is 22.5. The van der Waals surface area contributed by atoms with Crippen LogP contribution in [0.1, 0.15) is 34.0 Å². The third-order valence-electron chi connectivity index (χ3n) is 6.78. The van der Waals surface area contributed by atoms with Crippen LogP contribution >= 0.6 is 0 Å². The topological polar surface area (TPSA) is 108 Å². The molecule has 1 amide bonds. The number of piperazine rings is 1. The van der Waals surface area contributed by atoms with Crippen molar-refractivity contribution in [1.29, 1.82) is 0 Å². The molecule has 2 aromatic carbocycles. The first-order chi connectivity index (χ1) is 19.7. The Bertz CT molecular complexity index is 1530. The second-order valence-electron chi connectivity index (χ2n) is 9.96. The Morgan fingerprint density at radius 1 is 1.12 bits per heavy atom. The molecule has 1 aliphatic heterocycles. The molecule has 212 valence electrons. The number of alkyl halides is 3. The molecule has 0 spiro atoms. The quantitative estimate of drug-likeness (QED) is 0.287. The zero-order valence-electron chi connectivity index (χ0n) is 22.5. The minimum atomic E-state index is -4.59. The van der Waals surface area contributed by atoms with Gasteiger partial charge in [-0.25, -0.2) is 19.9 Å². The van der Waals surface area contributed by atoms with E-state index in [1.807, 2.05) is 18.7 Å². The molecule has 3 N–H and O–H groups in total. The lowest BCUT2D eigenvalue weighted by atomic mass is 10.0. The van der Waals surface area contributed by atoms with Crippen molar-refractivity contribution < 1.29 is 18.0 Å². The summed E-state index contributed by atoms with van der Waals surface area (Å²) in [6.45, 7) is 6.06. The Balaban J connectivity index is 1.33. The highest BCUT2D eigenvalue weighted by Gasteiger charge is 2.34. The van der Waals surface area contributed by atoms with Gasteiger partial charge in [0.1, 0.15) is 6.33 Å². The van der Waals surface area contributed by atoms with E-state index < -0.39 is 17.6 Å². The van der Waals surface area contributed by atoms with E-state index in [-0.39, 0.29) is 23.7 Å². The molecule has 1 atom stereocenters. The van der Waals surface area contributed by atoms with Gasteiger partial charge in [0, 0.05) is 73.3 Å². The SMILES string of the molecule is Cc1ccc(NC(=O)c2ccc(CN3CCNC(C)C3)c(C(F)(F)F)c2)cc1Nc1nccc(-c2cncnc2)n1. The van der Waals surface area contributed by atoms with Crippen LogP contribution in [-0.4, -0.2) is 56.4 Å². The molecule has 0 bridgehead atoms.